The van der Waals surface area contributed by atoms with Gasteiger partial charge in [0.05, 0.1) is 24.5 Å². The predicted octanol–water partition coefficient (Wildman–Crippen LogP) is 1.48. The summed E-state index contributed by atoms with van der Waals surface area (Å²) in [6, 6.07) is 1.84. The molecular formula is C13H17N3O3S. The fourth-order valence-corrected chi connectivity index (χ4v) is 2.59. The summed E-state index contributed by atoms with van der Waals surface area (Å²) < 4.78 is 7.19. The number of aliphatic hydroxyl groups excluding tert-OH is 2. The number of nitrogens with zero attached hydrogens (tertiary/aromatic N) is 3. The summed E-state index contributed by atoms with van der Waals surface area (Å²) in [5.41, 5.74) is 0.883. The molecule has 0 saturated carbocycles. The molecule has 0 radical (unpaired) electrons. The van der Waals surface area contributed by atoms with Gasteiger partial charge in [0.1, 0.15) is 5.76 Å². The van der Waals surface area contributed by atoms with Crippen molar-refractivity contribution in [3.8, 4) is 11.4 Å². The van der Waals surface area contributed by atoms with Gasteiger partial charge in [0.2, 0.25) is 0 Å². The number of rotatable bonds is 7. The largest absolute Gasteiger partial charge is 0.469 e. The zero-order chi connectivity index (χ0) is 14.5. The Morgan fingerprint density at radius 2 is 2.35 bits per heavy atom. The minimum Gasteiger partial charge on any atom is -0.469 e. The van der Waals surface area contributed by atoms with Crippen molar-refractivity contribution in [3.05, 3.63) is 30.7 Å². The van der Waals surface area contributed by atoms with E-state index in [2.05, 4.69) is 16.8 Å². The van der Waals surface area contributed by atoms with Crippen molar-refractivity contribution in [2.75, 3.05) is 12.4 Å². The molecule has 1 atom stereocenters. The van der Waals surface area contributed by atoms with E-state index in [1.807, 2.05) is 17.6 Å². The molecule has 0 bridgehead atoms. The molecule has 0 spiro atoms. The summed E-state index contributed by atoms with van der Waals surface area (Å²) >= 11 is 1.34. The molecule has 0 fully saturated rings. The van der Waals surface area contributed by atoms with Gasteiger partial charge in [0, 0.05) is 12.3 Å². The molecule has 0 aliphatic rings. The Bertz CT molecular complexity index is 579. The molecule has 2 rings (SSSR count). The number of furan rings is 1. The number of aliphatic hydroxyl groups is 2. The standard InChI is InChI=1S/C13H17N3O3S/c1-3-5-16-12(11-4-6-19-9(11)2)14-15-13(16)20-8-10(18)7-17/h3-4,6,10,17-18H,1,5,7-8H2,2H3. The Labute approximate surface area is 121 Å². The zero-order valence-corrected chi connectivity index (χ0v) is 12.0. The zero-order valence-electron chi connectivity index (χ0n) is 11.2. The molecule has 0 amide bonds. The highest BCUT2D eigenvalue weighted by Gasteiger charge is 2.17. The van der Waals surface area contributed by atoms with Gasteiger partial charge in [0.15, 0.2) is 11.0 Å². The van der Waals surface area contributed by atoms with Gasteiger partial charge in [-0.15, -0.1) is 16.8 Å². The Hall–Kier alpha value is -1.57. The molecule has 108 valence electrons. The fraction of sp³-hybridized carbons (Fsp3) is 0.385. The maximum Gasteiger partial charge on any atom is 0.191 e. The smallest absolute Gasteiger partial charge is 0.191 e. The van der Waals surface area contributed by atoms with Crippen LogP contribution in [-0.2, 0) is 6.54 Å². The normalized spacial score (nSPS) is 12.6. The molecule has 20 heavy (non-hydrogen) atoms. The predicted molar refractivity (Wildman–Crippen MR) is 76.5 cm³/mol. The van der Waals surface area contributed by atoms with Gasteiger partial charge < -0.3 is 14.6 Å². The van der Waals surface area contributed by atoms with Crippen molar-refractivity contribution in [1.82, 2.24) is 14.8 Å². The van der Waals surface area contributed by atoms with Crippen molar-refractivity contribution in [2.45, 2.75) is 24.7 Å². The molecule has 2 aromatic heterocycles. The van der Waals surface area contributed by atoms with Crippen LogP contribution < -0.4 is 0 Å². The first-order valence-electron chi connectivity index (χ1n) is 6.17. The van der Waals surface area contributed by atoms with E-state index in [0.717, 1.165) is 11.3 Å². The van der Waals surface area contributed by atoms with Gasteiger partial charge >= 0.3 is 0 Å². The number of aryl methyl sites for hydroxylation is 1. The minimum absolute atomic E-state index is 0.268. The van der Waals surface area contributed by atoms with Crippen LogP contribution in [0.25, 0.3) is 11.4 Å². The van der Waals surface area contributed by atoms with Gasteiger partial charge in [-0.25, -0.2) is 0 Å². The van der Waals surface area contributed by atoms with E-state index in [0.29, 0.717) is 23.3 Å². The van der Waals surface area contributed by atoms with Crippen molar-refractivity contribution >= 4 is 11.8 Å². The van der Waals surface area contributed by atoms with E-state index in [4.69, 9.17) is 9.52 Å². The highest BCUT2D eigenvalue weighted by molar-refractivity contribution is 7.99. The lowest BCUT2D eigenvalue weighted by atomic mass is 10.2. The summed E-state index contributed by atoms with van der Waals surface area (Å²) in [6.07, 6.45) is 2.60. The minimum atomic E-state index is -0.770. The van der Waals surface area contributed by atoms with Crippen molar-refractivity contribution in [1.29, 1.82) is 0 Å². The first-order chi connectivity index (χ1) is 9.67. The van der Waals surface area contributed by atoms with Crippen molar-refractivity contribution in [3.63, 3.8) is 0 Å². The molecule has 0 saturated heterocycles. The third kappa shape index (κ3) is 3.12. The average molecular weight is 295 g/mol. The van der Waals surface area contributed by atoms with Crippen LogP contribution in [0.4, 0.5) is 0 Å². The second-order valence-corrected chi connectivity index (χ2v) is 5.23. The Morgan fingerprint density at radius 1 is 1.55 bits per heavy atom. The van der Waals surface area contributed by atoms with Crippen LogP contribution in [0.15, 0.2) is 34.6 Å². The second-order valence-electron chi connectivity index (χ2n) is 4.24. The summed E-state index contributed by atoms with van der Waals surface area (Å²) in [5, 5.41) is 27.2. The van der Waals surface area contributed by atoms with Gasteiger partial charge in [-0.1, -0.05) is 17.8 Å². The van der Waals surface area contributed by atoms with Gasteiger partial charge in [-0.05, 0) is 13.0 Å². The lowest BCUT2D eigenvalue weighted by molar-refractivity contribution is 0.113. The summed E-state index contributed by atoms with van der Waals surface area (Å²) in [6.45, 7) is 5.89. The van der Waals surface area contributed by atoms with E-state index in [9.17, 15) is 5.11 Å². The van der Waals surface area contributed by atoms with Crippen molar-refractivity contribution in [2.24, 2.45) is 0 Å². The number of thioether (sulfide) groups is 1. The third-order valence-electron chi connectivity index (χ3n) is 2.74. The monoisotopic (exact) mass is 295 g/mol. The van der Waals surface area contributed by atoms with E-state index < -0.39 is 6.10 Å². The summed E-state index contributed by atoms with van der Waals surface area (Å²) in [5.74, 6) is 1.84. The molecule has 2 N–H and O–H groups in total. The van der Waals surface area contributed by atoms with Crippen molar-refractivity contribution < 1.29 is 14.6 Å². The number of hydrogen-bond acceptors (Lipinski definition) is 6. The van der Waals surface area contributed by atoms with Crippen LogP contribution in [0.2, 0.25) is 0 Å². The topological polar surface area (TPSA) is 84.3 Å². The van der Waals surface area contributed by atoms with Crippen LogP contribution >= 0.6 is 11.8 Å². The highest BCUT2D eigenvalue weighted by atomic mass is 32.2. The molecule has 6 nitrogen and oxygen atoms in total. The number of allylic oxidation sites excluding steroid dienone is 1. The van der Waals surface area contributed by atoms with E-state index in [1.165, 1.54) is 11.8 Å². The molecule has 2 heterocycles. The van der Waals surface area contributed by atoms with Crippen LogP contribution in [-0.4, -0.2) is 43.4 Å². The lowest BCUT2D eigenvalue weighted by Crippen LogP contribution is -2.15. The van der Waals surface area contributed by atoms with Gasteiger partial charge in [-0.3, -0.25) is 4.57 Å². The van der Waals surface area contributed by atoms with E-state index in [-0.39, 0.29) is 6.61 Å². The molecule has 7 heteroatoms. The Balaban J connectivity index is 2.28. The summed E-state index contributed by atoms with van der Waals surface area (Å²) in [7, 11) is 0. The Kier molecular flexibility index (Phi) is 4.99. The summed E-state index contributed by atoms with van der Waals surface area (Å²) in [4.78, 5) is 0. The van der Waals surface area contributed by atoms with Gasteiger partial charge in [0.25, 0.3) is 0 Å². The molecule has 2 aromatic rings. The molecule has 0 aliphatic heterocycles. The van der Waals surface area contributed by atoms with Crippen LogP contribution in [0.5, 0.6) is 0 Å². The SMILES string of the molecule is C=CCn1c(SCC(O)CO)nnc1-c1ccoc1C. The maximum atomic E-state index is 9.41. The second kappa shape index (κ2) is 6.74. The van der Waals surface area contributed by atoms with E-state index in [1.54, 1.807) is 12.3 Å². The molecule has 0 aliphatic carbocycles. The lowest BCUT2D eigenvalue weighted by Gasteiger charge is -2.08. The highest BCUT2D eigenvalue weighted by Crippen LogP contribution is 2.27. The molecule has 1 unspecified atom stereocenters. The number of hydrogen-bond donors (Lipinski definition) is 2. The van der Waals surface area contributed by atoms with Crippen LogP contribution in [0.1, 0.15) is 5.76 Å². The quantitative estimate of drug-likeness (QED) is 0.594. The third-order valence-corrected chi connectivity index (χ3v) is 3.86. The Morgan fingerprint density at radius 3 is 2.95 bits per heavy atom. The average Bonchev–Trinajstić information content (AvgIpc) is 3.03. The maximum absolute atomic E-state index is 9.41. The first-order valence-corrected chi connectivity index (χ1v) is 7.16. The molecule has 0 aromatic carbocycles. The molecular weight excluding hydrogens is 278 g/mol. The van der Waals surface area contributed by atoms with Gasteiger partial charge in [-0.2, -0.15) is 0 Å². The number of aromatic nitrogens is 3. The fourth-order valence-electron chi connectivity index (χ4n) is 1.73. The van der Waals surface area contributed by atoms with Crippen LogP contribution in [0, 0.1) is 6.92 Å². The van der Waals surface area contributed by atoms with E-state index >= 15 is 0 Å². The first kappa shape index (κ1) is 14.8. The van der Waals surface area contributed by atoms with Crippen LogP contribution in [0.3, 0.4) is 0 Å².